The Morgan fingerprint density at radius 2 is 2.05 bits per heavy atom. The molecule has 0 aromatic heterocycles. The van der Waals surface area contributed by atoms with Gasteiger partial charge in [-0.05, 0) is 25.1 Å². The highest BCUT2D eigenvalue weighted by atomic mass is 19.4. The minimum atomic E-state index is -4.69. The van der Waals surface area contributed by atoms with Crippen LogP contribution in [0.2, 0.25) is 0 Å². The number of halogens is 4. The lowest BCUT2D eigenvalue weighted by Crippen LogP contribution is -2.38. The molecule has 0 saturated carbocycles. The summed E-state index contributed by atoms with van der Waals surface area (Å²) >= 11 is 0. The second-order valence-electron chi connectivity index (χ2n) is 4.10. The SMILES string of the molecule is CCN(C/C(N)=N/O)C(=O)c1cc(C(F)(F)F)ccc1F. The van der Waals surface area contributed by atoms with E-state index < -0.39 is 29.0 Å². The largest absolute Gasteiger partial charge is 0.416 e. The maximum Gasteiger partial charge on any atom is 0.416 e. The van der Waals surface area contributed by atoms with E-state index in [9.17, 15) is 22.4 Å². The lowest BCUT2D eigenvalue weighted by atomic mass is 10.1. The summed E-state index contributed by atoms with van der Waals surface area (Å²) in [6.45, 7) is 1.24. The highest BCUT2D eigenvalue weighted by Gasteiger charge is 2.32. The molecule has 0 radical (unpaired) electrons. The monoisotopic (exact) mass is 307 g/mol. The Morgan fingerprint density at radius 1 is 1.43 bits per heavy atom. The Morgan fingerprint density at radius 3 is 2.52 bits per heavy atom. The van der Waals surface area contributed by atoms with Gasteiger partial charge in [0.1, 0.15) is 5.82 Å². The van der Waals surface area contributed by atoms with E-state index in [0.717, 1.165) is 4.90 Å². The topological polar surface area (TPSA) is 78.9 Å². The molecule has 5 nitrogen and oxygen atoms in total. The minimum Gasteiger partial charge on any atom is -0.409 e. The third-order valence-corrected chi connectivity index (χ3v) is 2.67. The molecule has 1 amide bonds. The normalized spacial score (nSPS) is 12.3. The average Bonchev–Trinajstić information content (AvgIpc) is 2.42. The van der Waals surface area contributed by atoms with Crippen LogP contribution in [0.1, 0.15) is 22.8 Å². The van der Waals surface area contributed by atoms with E-state index in [0.29, 0.717) is 18.2 Å². The van der Waals surface area contributed by atoms with Crippen LogP contribution in [0.5, 0.6) is 0 Å². The van der Waals surface area contributed by atoms with Crippen molar-refractivity contribution < 1.29 is 27.6 Å². The molecule has 1 rings (SSSR count). The van der Waals surface area contributed by atoms with Gasteiger partial charge in [0.2, 0.25) is 0 Å². The third kappa shape index (κ3) is 4.07. The van der Waals surface area contributed by atoms with Gasteiger partial charge in [-0.1, -0.05) is 5.16 Å². The van der Waals surface area contributed by atoms with Gasteiger partial charge < -0.3 is 15.8 Å². The third-order valence-electron chi connectivity index (χ3n) is 2.67. The molecule has 116 valence electrons. The second kappa shape index (κ2) is 6.42. The molecule has 0 aliphatic rings. The van der Waals surface area contributed by atoms with Crippen molar-refractivity contribution in [1.29, 1.82) is 0 Å². The molecule has 3 N–H and O–H groups in total. The zero-order chi connectivity index (χ0) is 16.2. The van der Waals surface area contributed by atoms with Crippen LogP contribution in [0.25, 0.3) is 0 Å². The molecule has 0 atom stereocenters. The fourth-order valence-corrected chi connectivity index (χ4v) is 1.59. The summed E-state index contributed by atoms with van der Waals surface area (Å²) in [4.78, 5) is 13.0. The van der Waals surface area contributed by atoms with Crippen molar-refractivity contribution >= 4 is 11.7 Å². The first-order valence-electron chi connectivity index (χ1n) is 5.83. The van der Waals surface area contributed by atoms with Crippen molar-refractivity contribution in [2.45, 2.75) is 13.1 Å². The van der Waals surface area contributed by atoms with Gasteiger partial charge in [0.05, 0.1) is 17.7 Å². The molecule has 0 spiro atoms. The number of carbonyl (C=O) groups is 1. The summed E-state index contributed by atoms with van der Waals surface area (Å²) in [7, 11) is 0. The molecule has 1 aromatic rings. The van der Waals surface area contributed by atoms with Gasteiger partial charge in [-0.3, -0.25) is 4.79 Å². The summed E-state index contributed by atoms with van der Waals surface area (Å²) in [6, 6.07) is 1.56. The Bertz CT molecular complexity index is 558. The van der Waals surface area contributed by atoms with Gasteiger partial charge in [0, 0.05) is 6.54 Å². The summed E-state index contributed by atoms with van der Waals surface area (Å²) in [5, 5.41) is 11.1. The molecule has 0 unspecified atom stereocenters. The number of rotatable bonds is 4. The van der Waals surface area contributed by atoms with Crippen LogP contribution < -0.4 is 5.73 Å². The number of hydrogen-bond acceptors (Lipinski definition) is 3. The van der Waals surface area contributed by atoms with E-state index in [1.807, 2.05) is 0 Å². The van der Waals surface area contributed by atoms with Crippen LogP contribution in [0.3, 0.4) is 0 Å². The number of benzene rings is 1. The van der Waals surface area contributed by atoms with Crippen LogP contribution in [-0.4, -0.2) is 34.9 Å². The highest BCUT2D eigenvalue weighted by Crippen LogP contribution is 2.30. The number of alkyl halides is 3. The molecule has 1 aromatic carbocycles. The Labute approximate surface area is 117 Å². The van der Waals surface area contributed by atoms with E-state index in [2.05, 4.69) is 5.16 Å². The predicted octanol–water partition coefficient (Wildman–Crippen LogP) is 2.05. The van der Waals surface area contributed by atoms with Crippen LogP contribution in [0, 0.1) is 5.82 Å². The summed E-state index contributed by atoms with van der Waals surface area (Å²) in [5.41, 5.74) is 3.38. The van der Waals surface area contributed by atoms with Crippen molar-refractivity contribution in [2.75, 3.05) is 13.1 Å². The van der Waals surface area contributed by atoms with Gasteiger partial charge in [-0.2, -0.15) is 13.2 Å². The molecule has 0 aliphatic heterocycles. The van der Waals surface area contributed by atoms with Crippen molar-refractivity contribution in [3.63, 3.8) is 0 Å². The number of oxime groups is 1. The van der Waals surface area contributed by atoms with Crippen LogP contribution in [-0.2, 0) is 6.18 Å². The number of nitrogens with two attached hydrogens (primary N) is 1. The van der Waals surface area contributed by atoms with E-state index >= 15 is 0 Å². The lowest BCUT2D eigenvalue weighted by Gasteiger charge is -2.20. The molecular weight excluding hydrogens is 294 g/mol. The van der Waals surface area contributed by atoms with E-state index in [-0.39, 0.29) is 18.9 Å². The quantitative estimate of drug-likeness (QED) is 0.294. The van der Waals surface area contributed by atoms with Gasteiger partial charge in [0.25, 0.3) is 5.91 Å². The summed E-state index contributed by atoms with van der Waals surface area (Å²) in [6.07, 6.45) is -4.69. The first-order valence-corrected chi connectivity index (χ1v) is 5.83. The number of likely N-dealkylation sites (N-methyl/N-ethyl adjacent to an activating group) is 1. The fourth-order valence-electron chi connectivity index (χ4n) is 1.59. The van der Waals surface area contributed by atoms with Crippen molar-refractivity contribution in [3.8, 4) is 0 Å². The maximum atomic E-state index is 13.6. The first kappa shape index (κ1) is 16.7. The molecule has 0 heterocycles. The van der Waals surface area contributed by atoms with Gasteiger partial charge in [-0.25, -0.2) is 4.39 Å². The van der Waals surface area contributed by atoms with Gasteiger partial charge >= 0.3 is 6.18 Å². The van der Waals surface area contributed by atoms with E-state index in [1.54, 1.807) is 0 Å². The lowest BCUT2D eigenvalue weighted by molar-refractivity contribution is -0.137. The Balaban J connectivity index is 3.16. The Kier molecular flexibility index (Phi) is 5.12. The number of carbonyl (C=O) groups excluding carboxylic acids is 1. The number of nitrogens with zero attached hydrogens (tertiary/aromatic N) is 2. The van der Waals surface area contributed by atoms with Crippen molar-refractivity contribution in [2.24, 2.45) is 10.9 Å². The predicted molar refractivity (Wildman–Crippen MR) is 66.4 cm³/mol. The second-order valence-corrected chi connectivity index (χ2v) is 4.10. The van der Waals surface area contributed by atoms with Crippen molar-refractivity contribution in [1.82, 2.24) is 4.90 Å². The van der Waals surface area contributed by atoms with Gasteiger partial charge in [0.15, 0.2) is 5.84 Å². The number of amidine groups is 1. The smallest absolute Gasteiger partial charge is 0.409 e. The van der Waals surface area contributed by atoms with Crippen molar-refractivity contribution in [3.05, 3.63) is 35.1 Å². The zero-order valence-corrected chi connectivity index (χ0v) is 11.0. The summed E-state index contributed by atoms with van der Waals surface area (Å²) in [5.74, 6) is -2.38. The molecule has 9 heteroatoms. The molecular formula is C12H13F4N3O2. The van der Waals surface area contributed by atoms with Crippen LogP contribution in [0.4, 0.5) is 17.6 Å². The summed E-state index contributed by atoms with van der Waals surface area (Å²) < 4.78 is 51.4. The molecule has 0 bridgehead atoms. The minimum absolute atomic E-state index is 0.0464. The van der Waals surface area contributed by atoms with Gasteiger partial charge in [-0.15, -0.1) is 0 Å². The van der Waals surface area contributed by atoms with E-state index in [4.69, 9.17) is 10.9 Å². The molecule has 0 fully saturated rings. The maximum absolute atomic E-state index is 13.6. The standard InChI is InChI=1S/C12H13F4N3O2/c1-2-19(6-10(17)18-21)11(20)8-5-7(12(14,15)16)3-4-9(8)13/h3-5,21H,2,6H2,1H3,(H2,17,18). The Hall–Kier alpha value is -2.32. The number of amides is 1. The fraction of sp³-hybridized carbons (Fsp3) is 0.333. The zero-order valence-electron chi connectivity index (χ0n) is 11.0. The number of hydrogen-bond donors (Lipinski definition) is 2. The molecule has 0 saturated heterocycles. The highest BCUT2D eigenvalue weighted by molar-refractivity contribution is 5.97. The first-order chi connectivity index (χ1) is 9.70. The molecule has 21 heavy (non-hydrogen) atoms. The van der Waals surface area contributed by atoms with Crippen LogP contribution in [0.15, 0.2) is 23.4 Å². The molecule has 0 aliphatic carbocycles. The average molecular weight is 307 g/mol. The van der Waals surface area contributed by atoms with Crippen LogP contribution >= 0.6 is 0 Å². The van der Waals surface area contributed by atoms with E-state index in [1.165, 1.54) is 6.92 Å².